The molecule has 37 heavy (non-hydrogen) atoms. The Morgan fingerprint density at radius 1 is 1.19 bits per heavy atom. The van der Waals surface area contributed by atoms with Crippen LogP contribution in [-0.2, 0) is 6.18 Å². The van der Waals surface area contributed by atoms with Gasteiger partial charge < -0.3 is 4.74 Å². The number of nitriles is 1. The minimum absolute atomic E-state index is 0.0483. The number of benzene rings is 3. The molecule has 0 fully saturated rings. The smallest absolute Gasteiger partial charge is 0.416 e. The zero-order chi connectivity index (χ0) is 26.7. The monoisotopic (exact) mass is 527 g/mol. The van der Waals surface area contributed by atoms with Gasteiger partial charge in [-0.3, -0.25) is 14.9 Å². The summed E-state index contributed by atoms with van der Waals surface area (Å²) in [5, 5.41) is 24.5. The lowest BCUT2D eigenvalue weighted by Gasteiger charge is -2.12. The van der Waals surface area contributed by atoms with Gasteiger partial charge in [-0.25, -0.2) is 4.98 Å². The first-order valence-electron chi connectivity index (χ1n) is 10.3. The summed E-state index contributed by atoms with van der Waals surface area (Å²) >= 11 is 6.00. The second kappa shape index (κ2) is 10.1. The van der Waals surface area contributed by atoms with Gasteiger partial charge >= 0.3 is 11.9 Å². The van der Waals surface area contributed by atoms with Gasteiger partial charge in [-0.1, -0.05) is 35.9 Å². The van der Waals surface area contributed by atoms with E-state index in [0.29, 0.717) is 0 Å². The van der Waals surface area contributed by atoms with Gasteiger partial charge in [0, 0.05) is 22.2 Å². The number of nitro benzene ring substituents is 1. The summed E-state index contributed by atoms with van der Waals surface area (Å²) in [6.45, 7) is -0.531. The maximum Gasteiger partial charge on any atom is 0.416 e. The molecule has 1 aromatic heterocycles. The molecular formula is C24H13ClF3N5O4. The molecule has 4 aromatic rings. The molecule has 0 aliphatic heterocycles. The molecule has 0 amide bonds. The van der Waals surface area contributed by atoms with Gasteiger partial charge in [-0.2, -0.15) is 28.2 Å². The first-order valence-corrected chi connectivity index (χ1v) is 10.7. The quantitative estimate of drug-likeness (QED) is 0.187. The molecule has 9 nitrogen and oxygen atoms in total. The minimum atomic E-state index is -4.64. The van der Waals surface area contributed by atoms with E-state index in [-0.39, 0.29) is 38.6 Å². The van der Waals surface area contributed by atoms with E-state index in [1.165, 1.54) is 30.3 Å². The fraction of sp³-hybridized carbons (Fsp3) is 0.0833. The van der Waals surface area contributed by atoms with E-state index in [2.05, 4.69) is 10.1 Å². The van der Waals surface area contributed by atoms with Crippen LogP contribution >= 0.6 is 11.6 Å². The van der Waals surface area contributed by atoms with Crippen LogP contribution < -0.4 is 10.3 Å². The van der Waals surface area contributed by atoms with Gasteiger partial charge in [0.15, 0.2) is 12.4 Å². The van der Waals surface area contributed by atoms with E-state index >= 15 is 0 Å². The molecule has 0 N–H and O–H groups in total. The number of nitrogens with zero attached hydrogens (tertiary/aromatic N) is 5. The lowest BCUT2D eigenvalue weighted by Crippen LogP contribution is -2.20. The third-order valence-corrected chi connectivity index (χ3v) is 5.27. The van der Waals surface area contributed by atoms with Crippen molar-refractivity contribution in [3.05, 3.63) is 97.3 Å². The molecule has 0 radical (unpaired) electrons. The minimum Gasteiger partial charge on any atom is -0.471 e. The topological polar surface area (TPSA) is 123 Å². The van der Waals surface area contributed by atoms with Crippen molar-refractivity contribution in [2.75, 3.05) is 6.61 Å². The molecule has 0 atom stereocenters. The second-order valence-electron chi connectivity index (χ2n) is 7.44. The first kappa shape index (κ1) is 25.3. The van der Waals surface area contributed by atoms with Crippen LogP contribution in [0, 0.1) is 21.4 Å². The number of halogens is 4. The summed E-state index contributed by atoms with van der Waals surface area (Å²) in [7, 11) is 0. The molecule has 0 unspecified atom stereocenters. The highest BCUT2D eigenvalue weighted by Crippen LogP contribution is 2.34. The van der Waals surface area contributed by atoms with Crippen LogP contribution in [0.1, 0.15) is 11.1 Å². The summed E-state index contributed by atoms with van der Waals surface area (Å²) in [6, 6.07) is 14.4. The molecule has 4 rings (SSSR count). The summed E-state index contributed by atoms with van der Waals surface area (Å²) in [4.78, 5) is 28.4. The third-order valence-electron chi connectivity index (χ3n) is 5.05. The van der Waals surface area contributed by atoms with Crippen LogP contribution in [0.15, 0.2) is 70.6 Å². The van der Waals surface area contributed by atoms with E-state index in [4.69, 9.17) is 21.6 Å². The van der Waals surface area contributed by atoms with Crippen LogP contribution in [0.2, 0.25) is 5.02 Å². The van der Waals surface area contributed by atoms with Crippen LogP contribution in [0.3, 0.4) is 0 Å². The van der Waals surface area contributed by atoms with E-state index in [0.717, 1.165) is 29.1 Å². The highest BCUT2D eigenvalue weighted by Gasteiger charge is 2.31. The number of aromatic nitrogens is 2. The molecule has 0 bridgehead atoms. The molecule has 1 heterocycles. The standard InChI is InChI=1S/C24H13ClF3N5O4/c25-17-11-15(21(37-9-8-29)20(12-17)33(35)36)13-30-32-22(14-4-3-5-16(10-14)24(26,27)28)31-19-7-2-1-6-18(19)23(32)34/h1-7,10-13H,9H2. The SMILES string of the molecule is N#CCOc1c(C=Nn2c(-c3cccc(C(F)(F)F)c3)nc3ccccc3c2=O)cc(Cl)cc1[N+](=O)[O-]. The molecule has 0 spiro atoms. The lowest BCUT2D eigenvalue weighted by atomic mass is 10.1. The molecule has 0 aliphatic carbocycles. The van der Waals surface area contributed by atoms with Gasteiger partial charge in [-0.05, 0) is 30.3 Å². The van der Waals surface area contributed by atoms with Gasteiger partial charge in [0.2, 0.25) is 5.75 Å². The zero-order valence-electron chi connectivity index (χ0n) is 18.4. The number of ether oxygens (including phenoxy) is 1. The molecule has 13 heteroatoms. The molecule has 3 aromatic carbocycles. The number of hydrogen-bond donors (Lipinski definition) is 0. The van der Waals surface area contributed by atoms with E-state index in [1.54, 1.807) is 18.2 Å². The number of fused-ring (bicyclic) bond motifs is 1. The number of nitro groups is 1. The van der Waals surface area contributed by atoms with Crippen molar-refractivity contribution in [1.82, 2.24) is 9.66 Å². The highest BCUT2D eigenvalue weighted by atomic mass is 35.5. The Hall–Kier alpha value is -4.76. The summed E-state index contributed by atoms with van der Waals surface area (Å²) in [5.41, 5.74) is -2.09. The van der Waals surface area contributed by atoms with Gasteiger partial charge in [0.1, 0.15) is 6.07 Å². The van der Waals surface area contributed by atoms with E-state index in [9.17, 15) is 28.1 Å². The Balaban J connectivity index is 1.96. The van der Waals surface area contributed by atoms with Crippen LogP contribution in [-0.4, -0.2) is 27.4 Å². The third kappa shape index (κ3) is 5.26. The fourth-order valence-electron chi connectivity index (χ4n) is 3.47. The Labute approximate surface area is 210 Å². The van der Waals surface area contributed by atoms with Gasteiger partial charge in [0.25, 0.3) is 5.56 Å². The molecule has 0 saturated carbocycles. The van der Waals surface area contributed by atoms with Crippen molar-refractivity contribution in [3.8, 4) is 23.2 Å². The Morgan fingerprint density at radius 2 is 1.95 bits per heavy atom. The fourth-order valence-corrected chi connectivity index (χ4v) is 3.69. The highest BCUT2D eigenvalue weighted by molar-refractivity contribution is 6.31. The van der Waals surface area contributed by atoms with Crippen LogP contribution in [0.25, 0.3) is 22.3 Å². The predicted octanol–water partition coefficient (Wildman–Crippen LogP) is 5.43. The predicted molar refractivity (Wildman–Crippen MR) is 129 cm³/mol. The van der Waals surface area contributed by atoms with Crippen molar-refractivity contribution in [1.29, 1.82) is 5.26 Å². The summed E-state index contributed by atoms with van der Waals surface area (Å²) in [5.74, 6) is -0.538. The van der Waals surface area contributed by atoms with E-state index in [1.807, 2.05) is 0 Å². The van der Waals surface area contributed by atoms with Crippen molar-refractivity contribution >= 4 is 34.4 Å². The lowest BCUT2D eigenvalue weighted by molar-refractivity contribution is -0.385. The molecular weight excluding hydrogens is 515 g/mol. The Kier molecular flexibility index (Phi) is 6.90. The average Bonchev–Trinajstić information content (AvgIpc) is 2.86. The summed E-state index contributed by atoms with van der Waals surface area (Å²) in [6.07, 6.45) is -3.63. The zero-order valence-corrected chi connectivity index (χ0v) is 19.2. The maximum atomic E-state index is 13.4. The van der Waals surface area contributed by atoms with Crippen molar-refractivity contribution in [2.45, 2.75) is 6.18 Å². The second-order valence-corrected chi connectivity index (χ2v) is 7.88. The number of rotatable bonds is 6. The molecule has 186 valence electrons. The Morgan fingerprint density at radius 3 is 2.65 bits per heavy atom. The van der Waals surface area contributed by atoms with Gasteiger partial charge in [0.05, 0.1) is 27.6 Å². The van der Waals surface area contributed by atoms with Crippen molar-refractivity contribution in [2.24, 2.45) is 5.10 Å². The Bertz CT molecular complexity index is 1660. The number of alkyl halides is 3. The number of para-hydroxylation sites is 1. The molecule has 0 saturated heterocycles. The van der Waals surface area contributed by atoms with E-state index < -0.39 is 34.5 Å². The molecule has 0 aliphatic rings. The van der Waals surface area contributed by atoms with Crippen molar-refractivity contribution < 1.29 is 22.8 Å². The summed E-state index contributed by atoms with van der Waals surface area (Å²) < 4.78 is 46.0. The largest absolute Gasteiger partial charge is 0.471 e. The van der Waals surface area contributed by atoms with Crippen LogP contribution in [0.5, 0.6) is 5.75 Å². The van der Waals surface area contributed by atoms with Gasteiger partial charge in [-0.15, -0.1) is 0 Å². The van der Waals surface area contributed by atoms with Crippen molar-refractivity contribution in [3.63, 3.8) is 0 Å². The normalized spacial score (nSPS) is 11.5. The average molecular weight is 528 g/mol. The maximum absolute atomic E-state index is 13.4. The number of hydrogen-bond acceptors (Lipinski definition) is 7. The van der Waals surface area contributed by atoms with Crippen LogP contribution in [0.4, 0.5) is 18.9 Å². The first-order chi connectivity index (χ1) is 17.6.